The molecule has 16 heavy (non-hydrogen) atoms. The molecule has 2 N–H and O–H groups in total. The summed E-state index contributed by atoms with van der Waals surface area (Å²) in [4.78, 5) is 2.53. The Balaban J connectivity index is 1.98. The highest BCUT2D eigenvalue weighted by Gasteiger charge is 2.20. The van der Waals surface area contributed by atoms with Crippen molar-refractivity contribution in [2.45, 2.75) is 51.5 Å². The van der Waals surface area contributed by atoms with E-state index in [1.165, 1.54) is 32.5 Å². The topological polar surface area (TPSA) is 38.5 Å². The summed E-state index contributed by atoms with van der Waals surface area (Å²) < 4.78 is 5.69. The standard InChI is InChI=1S/C13H28N2O/c1-3-13(14,4-2)12-16-11-7-10-15-8-5-6-9-15/h3-12,14H2,1-2H3. The summed E-state index contributed by atoms with van der Waals surface area (Å²) in [5.74, 6) is 0. The van der Waals surface area contributed by atoms with Gasteiger partial charge < -0.3 is 15.4 Å². The highest BCUT2D eigenvalue weighted by molar-refractivity contribution is 4.80. The van der Waals surface area contributed by atoms with Crippen molar-refractivity contribution in [1.82, 2.24) is 4.90 Å². The van der Waals surface area contributed by atoms with Crippen LogP contribution in [0.3, 0.4) is 0 Å². The maximum absolute atomic E-state index is 6.17. The summed E-state index contributed by atoms with van der Waals surface area (Å²) in [6, 6.07) is 0. The number of rotatable bonds is 8. The van der Waals surface area contributed by atoms with Gasteiger partial charge in [0.2, 0.25) is 0 Å². The molecule has 0 unspecified atom stereocenters. The summed E-state index contributed by atoms with van der Waals surface area (Å²) in [5.41, 5.74) is 6.06. The highest BCUT2D eigenvalue weighted by Crippen LogP contribution is 2.12. The molecule has 1 heterocycles. The van der Waals surface area contributed by atoms with E-state index in [-0.39, 0.29) is 5.54 Å². The molecule has 0 aromatic rings. The average Bonchev–Trinajstić information content (AvgIpc) is 2.81. The normalized spacial score (nSPS) is 18.2. The van der Waals surface area contributed by atoms with Crippen molar-refractivity contribution in [2.24, 2.45) is 5.73 Å². The summed E-state index contributed by atoms with van der Waals surface area (Å²) in [6.07, 6.45) is 5.88. The largest absolute Gasteiger partial charge is 0.379 e. The summed E-state index contributed by atoms with van der Waals surface area (Å²) in [6.45, 7) is 9.59. The number of nitrogens with zero attached hydrogens (tertiary/aromatic N) is 1. The van der Waals surface area contributed by atoms with E-state index < -0.39 is 0 Å². The van der Waals surface area contributed by atoms with Gasteiger partial charge in [-0.05, 0) is 45.2 Å². The van der Waals surface area contributed by atoms with Gasteiger partial charge in [-0.3, -0.25) is 0 Å². The Morgan fingerprint density at radius 1 is 1.19 bits per heavy atom. The van der Waals surface area contributed by atoms with Crippen molar-refractivity contribution >= 4 is 0 Å². The van der Waals surface area contributed by atoms with Gasteiger partial charge in [0.1, 0.15) is 0 Å². The van der Waals surface area contributed by atoms with Crippen LogP contribution in [0, 0.1) is 0 Å². The molecular formula is C13H28N2O. The zero-order valence-electron chi connectivity index (χ0n) is 11.0. The van der Waals surface area contributed by atoms with Crippen LogP contribution in [-0.4, -0.2) is 43.3 Å². The molecule has 0 spiro atoms. The van der Waals surface area contributed by atoms with Crippen LogP contribution in [0.15, 0.2) is 0 Å². The van der Waals surface area contributed by atoms with E-state index in [0.29, 0.717) is 6.61 Å². The summed E-state index contributed by atoms with van der Waals surface area (Å²) in [5, 5.41) is 0. The lowest BCUT2D eigenvalue weighted by atomic mass is 9.96. The van der Waals surface area contributed by atoms with E-state index in [1.807, 2.05) is 0 Å². The molecule has 0 aliphatic carbocycles. The molecule has 0 aromatic heterocycles. The van der Waals surface area contributed by atoms with Gasteiger partial charge in [0, 0.05) is 18.7 Å². The SMILES string of the molecule is CCC(N)(CC)COCCCN1CCCC1. The van der Waals surface area contributed by atoms with E-state index in [2.05, 4.69) is 18.7 Å². The van der Waals surface area contributed by atoms with Gasteiger partial charge in [0.05, 0.1) is 6.61 Å². The Hall–Kier alpha value is -0.120. The van der Waals surface area contributed by atoms with Crippen molar-refractivity contribution in [3.05, 3.63) is 0 Å². The first-order valence-corrected chi connectivity index (χ1v) is 6.79. The Kier molecular flexibility index (Phi) is 6.32. The van der Waals surface area contributed by atoms with Crippen molar-refractivity contribution in [3.63, 3.8) is 0 Å². The maximum atomic E-state index is 6.17. The van der Waals surface area contributed by atoms with Gasteiger partial charge in [0.15, 0.2) is 0 Å². The van der Waals surface area contributed by atoms with Crippen LogP contribution in [0.4, 0.5) is 0 Å². The first-order chi connectivity index (χ1) is 7.70. The van der Waals surface area contributed by atoms with Crippen LogP contribution >= 0.6 is 0 Å². The van der Waals surface area contributed by atoms with Crippen LogP contribution in [0.5, 0.6) is 0 Å². The molecule has 96 valence electrons. The van der Waals surface area contributed by atoms with E-state index in [9.17, 15) is 0 Å². The Bertz CT molecular complexity index is 175. The Morgan fingerprint density at radius 2 is 1.81 bits per heavy atom. The fraction of sp³-hybridized carbons (Fsp3) is 1.00. The third kappa shape index (κ3) is 4.81. The van der Waals surface area contributed by atoms with Crippen molar-refractivity contribution in [3.8, 4) is 0 Å². The molecule has 1 saturated heterocycles. The van der Waals surface area contributed by atoms with Crippen LogP contribution in [0.2, 0.25) is 0 Å². The lowest BCUT2D eigenvalue weighted by Gasteiger charge is -2.26. The number of nitrogens with two attached hydrogens (primary N) is 1. The average molecular weight is 228 g/mol. The zero-order chi connectivity index (χ0) is 11.9. The second-order valence-electron chi connectivity index (χ2n) is 5.02. The quantitative estimate of drug-likeness (QED) is 0.646. The highest BCUT2D eigenvalue weighted by atomic mass is 16.5. The Labute approximate surface area is 100 Å². The number of likely N-dealkylation sites (tertiary alicyclic amines) is 1. The molecule has 1 fully saturated rings. The molecule has 1 aliphatic heterocycles. The minimum Gasteiger partial charge on any atom is -0.379 e. The maximum Gasteiger partial charge on any atom is 0.0645 e. The lowest BCUT2D eigenvalue weighted by Crippen LogP contribution is -2.43. The molecule has 3 nitrogen and oxygen atoms in total. The summed E-state index contributed by atoms with van der Waals surface area (Å²) >= 11 is 0. The minimum absolute atomic E-state index is 0.104. The first-order valence-electron chi connectivity index (χ1n) is 6.79. The van der Waals surface area contributed by atoms with Gasteiger partial charge >= 0.3 is 0 Å². The molecule has 0 saturated carbocycles. The van der Waals surface area contributed by atoms with Crippen LogP contribution < -0.4 is 5.73 Å². The van der Waals surface area contributed by atoms with E-state index in [0.717, 1.165) is 25.9 Å². The van der Waals surface area contributed by atoms with Crippen molar-refractivity contribution in [1.29, 1.82) is 0 Å². The second-order valence-corrected chi connectivity index (χ2v) is 5.02. The van der Waals surface area contributed by atoms with Gasteiger partial charge in [-0.2, -0.15) is 0 Å². The smallest absolute Gasteiger partial charge is 0.0645 e. The van der Waals surface area contributed by atoms with E-state index in [1.54, 1.807) is 0 Å². The van der Waals surface area contributed by atoms with Crippen LogP contribution in [0.1, 0.15) is 46.0 Å². The van der Waals surface area contributed by atoms with Crippen molar-refractivity contribution in [2.75, 3.05) is 32.8 Å². The van der Waals surface area contributed by atoms with Gasteiger partial charge in [-0.25, -0.2) is 0 Å². The number of ether oxygens (including phenoxy) is 1. The molecule has 0 radical (unpaired) electrons. The zero-order valence-corrected chi connectivity index (χ0v) is 11.0. The van der Waals surface area contributed by atoms with Gasteiger partial charge in [0.25, 0.3) is 0 Å². The van der Waals surface area contributed by atoms with Crippen molar-refractivity contribution < 1.29 is 4.74 Å². The first kappa shape index (κ1) is 13.9. The van der Waals surface area contributed by atoms with Gasteiger partial charge in [-0.15, -0.1) is 0 Å². The fourth-order valence-electron chi connectivity index (χ4n) is 2.13. The molecule has 0 aromatic carbocycles. The Morgan fingerprint density at radius 3 is 2.38 bits per heavy atom. The summed E-state index contributed by atoms with van der Waals surface area (Å²) in [7, 11) is 0. The van der Waals surface area contributed by atoms with E-state index >= 15 is 0 Å². The van der Waals surface area contributed by atoms with Crippen LogP contribution in [-0.2, 0) is 4.74 Å². The molecule has 0 amide bonds. The predicted octanol–water partition coefficient (Wildman–Crippen LogP) is 2.01. The lowest BCUT2D eigenvalue weighted by molar-refractivity contribution is 0.0749. The van der Waals surface area contributed by atoms with Crippen LogP contribution in [0.25, 0.3) is 0 Å². The number of hydrogen-bond acceptors (Lipinski definition) is 3. The molecule has 1 rings (SSSR count). The molecule has 0 atom stereocenters. The fourth-order valence-corrected chi connectivity index (χ4v) is 2.13. The third-order valence-corrected chi connectivity index (χ3v) is 3.76. The van der Waals surface area contributed by atoms with Gasteiger partial charge in [-0.1, -0.05) is 13.8 Å². The minimum atomic E-state index is -0.104. The third-order valence-electron chi connectivity index (χ3n) is 3.76. The second kappa shape index (κ2) is 7.25. The molecule has 0 bridgehead atoms. The molecule has 1 aliphatic rings. The monoisotopic (exact) mass is 228 g/mol. The molecule has 3 heteroatoms. The number of hydrogen-bond donors (Lipinski definition) is 1. The predicted molar refractivity (Wildman–Crippen MR) is 68.6 cm³/mol. The molecular weight excluding hydrogens is 200 g/mol. The van der Waals surface area contributed by atoms with E-state index in [4.69, 9.17) is 10.5 Å².